The van der Waals surface area contributed by atoms with Crippen molar-refractivity contribution >= 4 is 48.6 Å². The molecule has 1 aromatic carbocycles. The number of pyridine rings is 1. The third-order valence-corrected chi connectivity index (χ3v) is 8.80. The fourth-order valence-corrected chi connectivity index (χ4v) is 6.41. The number of piperidine rings is 1. The molecule has 0 aliphatic carbocycles. The molecule has 40 heavy (non-hydrogen) atoms. The Balaban J connectivity index is 1.48. The first-order valence-corrected chi connectivity index (χ1v) is 14.6. The van der Waals surface area contributed by atoms with Crippen molar-refractivity contribution in [2.75, 3.05) is 11.9 Å². The number of carbonyl (C=O) groups excluding carboxylic acids is 1. The number of nitrogens with one attached hydrogen (secondary N) is 1. The number of rotatable bonds is 6. The summed E-state index contributed by atoms with van der Waals surface area (Å²) in [7, 11) is -3.69. The summed E-state index contributed by atoms with van der Waals surface area (Å²) in [6, 6.07) is 7.47. The van der Waals surface area contributed by atoms with Gasteiger partial charge in [-0.15, -0.1) is 0 Å². The Morgan fingerprint density at radius 2 is 1.88 bits per heavy atom. The van der Waals surface area contributed by atoms with Crippen molar-refractivity contribution in [1.82, 2.24) is 23.7 Å². The number of fused-ring (bicyclic) bond motifs is 1. The van der Waals surface area contributed by atoms with Gasteiger partial charge in [-0.25, -0.2) is 0 Å². The van der Waals surface area contributed by atoms with Crippen LogP contribution in [0, 0.1) is 0 Å². The molecule has 14 heteroatoms. The first-order chi connectivity index (χ1) is 19.0. The first-order valence-electron chi connectivity index (χ1n) is 12.1. The summed E-state index contributed by atoms with van der Waals surface area (Å²) in [5.41, 5.74) is 1.14. The predicted octanol–water partition coefficient (Wildman–Crippen LogP) is 3.86. The normalized spacial score (nSPS) is 16.6. The van der Waals surface area contributed by atoms with Gasteiger partial charge in [-0.05, 0) is 6.07 Å². The Labute approximate surface area is 236 Å². The van der Waals surface area contributed by atoms with E-state index in [2.05, 4.69) is 38.7 Å². The molecule has 0 bridgehead atoms. The van der Waals surface area contributed by atoms with Crippen molar-refractivity contribution in [3.05, 3.63) is 83.9 Å². The average molecular weight is 630 g/mol. The van der Waals surface area contributed by atoms with Gasteiger partial charge < -0.3 is 0 Å². The molecule has 1 fully saturated rings. The number of aromatic nitrogens is 4. The van der Waals surface area contributed by atoms with Gasteiger partial charge in [-0.1, -0.05) is 0 Å². The number of imidazole rings is 1. The number of anilines is 1. The maximum atomic E-state index is 13.0. The van der Waals surface area contributed by atoms with Crippen LogP contribution in [0.3, 0.4) is 0 Å². The second-order valence-corrected chi connectivity index (χ2v) is 11.8. The molecule has 1 aliphatic rings. The second-order valence-electron chi connectivity index (χ2n) is 9.08. The molecule has 1 N–H and O–H groups in total. The number of sulfonamides is 1. The van der Waals surface area contributed by atoms with E-state index >= 15 is 0 Å². The van der Waals surface area contributed by atoms with E-state index in [1.807, 2.05) is 4.40 Å². The predicted molar refractivity (Wildman–Crippen MR) is 143 cm³/mol. The number of halogens is 3. The van der Waals surface area contributed by atoms with Gasteiger partial charge >= 0.3 is 218 Å². The van der Waals surface area contributed by atoms with Crippen molar-refractivity contribution in [2.45, 2.75) is 31.5 Å². The monoisotopic (exact) mass is 630 g/mol. The second kappa shape index (κ2) is 10.8. The van der Waals surface area contributed by atoms with Crippen LogP contribution in [0.25, 0.3) is 16.8 Å². The van der Waals surface area contributed by atoms with E-state index in [9.17, 15) is 26.4 Å². The molecule has 1 amide bonds. The van der Waals surface area contributed by atoms with E-state index < -0.39 is 33.7 Å². The summed E-state index contributed by atoms with van der Waals surface area (Å²) in [4.78, 5) is 25.8. The number of nitrogens with zero attached hydrogens (tertiary/aromatic N) is 5. The van der Waals surface area contributed by atoms with Gasteiger partial charge in [0, 0.05) is 0 Å². The molecule has 4 aromatic rings. The van der Waals surface area contributed by atoms with Crippen molar-refractivity contribution in [3.8, 4) is 11.3 Å². The van der Waals surface area contributed by atoms with Gasteiger partial charge in [0.2, 0.25) is 0 Å². The Morgan fingerprint density at radius 1 is 1.12 bits per heavy atom. The van der Waals surface area contributed by atoms with Crippen molar-refractivity contribution < 1.29 is 26.4 Å². The van der Waals surface area contributed by atoms with E-state index in [-0.39, 0.29) is 11.4 Å². The molecule has 206 valence electrons. The van der Waals surface area contributed by atoms with Crippen LogP contribution >= 0.6 is 0 Å². The molecule has 1 saturated heterocycles. The number of hydrogen-bond donors (Lipinski definition) is 1. The van der Waals surface area contributed by atoms with Crippen molar-refractivity contribution in [1.29, 1.82) is 0 Å². The van der Waals surface area contributed by atoms with E-state index in [4.69, 9.17) is 4.98 Å². The SMILES string of the molecule is C=CS(=O)(=O)N1CCCCC1c1nc(-c2ccc(C(=O)Nc3cc(C(F)(F)F)ccn3)cc2)c2c([As])nccn12. The van der Waals surface area contributed by atoms with Crippen LogP contribution < -0.4 is 9.80 Å². The quantitative estimate of drug-likeness (QED) is 0.325. The zero-order valence-corrected chi connectivity index (χ0v) is 23.5. The third kappa shape index (κ3) is 5.41. The number of hydrogen-bond acceptors (Lipinski definition) is 6. The standard InChI is InChI=1S/C26H22AsF3N6O3S/c1-2-40(38,39)36-13-4-3-5-19(36)24-34-21(22-23(27)32-12-14-35(22)24)16-6-8-17(9-7-16)25(37)33-20-15-18(10-11-31-20)26(28,29)30/h2,6-12,14-15,19H,1,3-5,13H2,(H,31,33,37). The molecule has 0 saturated carbocycles. The van der Waals surface area contributed by atoms with Crippen LogP contribution in [-0.4, -0.2) is 61.4 Å². The third-order valence-electron chi connectivity index (χ3n) is 6.60. The Bertz CT molecular complexity index is 1710. The maximum absolute atomic E-state index is 13.0. The molecule has 5 rings (SSSR count). The number of amides is 1. The zero-order valence-electron chi connectivity index (χ0n) is 20.8. The minimum atomic E-state index is -4.56. The summed E-state index contributed by atoms with van der Waals surface area (Å²) in [6.07, 6.45) is 1.91. The Hall–Kier alpha value is -3.54. The van der Waals surface area contributed by atoms with Crippen LogP contribution in [0.2, 0.25) is 0 Å². The first kappa shape index (κ1) is 28.0. The summed E-state index contributed by atoms with van der Waals surface area (Å²) in [5, 5.41) is 3.34. The molecule has 3 aromatic heterocycles. The molecule has 4 heterocycles. The Kier molecular flexibility index (Phi) is 7.56. The fourth-order valence-electron chi connectivity index (χ4n) is 4.69. The summed E-state index contributed by atoms with van der Waals surface area (Å²) in [5.74, 6) is -0.308. The van der Waals surface area contributed by atoms with Crippen LogP contribution in [0.15, 0.2) is 67.0 Å². The van der Waals surface area contributed by atoms with E-state index in [1.165, 1.54) is 16.4 Å². The van der Waals surface area contributed by atoms with Crippen LogP contribution in [0.4, 0.5) is 19.0 Å². The average Bonchev–Trinajstić information content (AvgIpc) is 3.34. The minimum absolute atomic E-state index is 0.202. The van der Waals surface area contributed by atoms with Crippen molar-refractivity contribution in [2.24, 2.45) is 0 Å². The molecular formula is C26H22AsF3N6O3S. The van der Waals surface area contributed by atoms with Gasteiger partial charge in [0.15, 0.2) is 0 Å². The van der Waals surface area contributed by atoms with Gasteiger partial charge in [-0.3, -0.25) is 0 Å². The summed E-state index contributed by atoms with van der Waals surface area (Å²) < 4.78 is 68.4. The van der Waals surface area contributed by atoms with E-state index in [0.717, 1.165) is 36.6 Å². The molecule has 1 aliphatic heterocycles. The molecule has 1 atom stereocenters. The van der Waals surface area contributed by atoms with Crippen molar-refractivity contribution in [3.63, 3.8) is 0 Å². The number of carbonyl (C=O) groups is 1. The summed E-state index contributed by atoms with van der Waals surface area (Å²) in [6.45, 7) is 3.83. The van der Waals surface area contributed by atoms with Gasteiger partial charge in [0.1, 0.15) is 0 Å². The van der Waals surface area contributed by atoms with Gasteiger partial charge in [-0.2, -0.15) is 13.2 Å². The zero-order chi connectivity index (χ0) is 28.7. The van der Waals surface area contributed by atoms with E-state index in [1.54, 1.807) is 24.5 Å². The number of alkyl halides is 3. The van der Waals surface area contributed by atoms with Gasteiger partial charge in [0.25, 0.3) is 0 Å². The van der Waals surface area contributed by atoms with Crippen LogP contribution in [-0.2, 0) is 16.2 Å². The molecule has 2 radical (unpaired) electrons. The topological polar surface area (TPSA) is 110 Å². The van der Waals surface area contributed by atoms with Crippen LogP contribution in [0.5, 0.6) is 0 Å². The summed E-state index contributed by atoms with van der Waals surface area (Å²) >= 11 is 2.38. The van der Waals surface area contributed by atoms with Gasteiger partial charge in [0.05, 0.1) is 0 Å². The molecule has 1 unspecified atom stereocenters. The van der Waals surface area contributed by atoms with E-state index in [0.29, 0.717) is 40.0 Å². The fraction of sp³-hybridized carbons (Fsp3) is 0.231. The molecular weight excluding hydrogens is 608 g/mol. The number of benzene rings is 1. The molecule has 9 nitrogen and oxygen atoms in total. The molecule has 0 spiro atoms. The Morgan fingerprint density at radius 3 is 2.58 bits per heavy atom. The van der Waals surface area contributed by atoms with Crippen LogP contribution in [0.1, 0.15) is 47.1 Å².